The van der Waals surface area contributed by atoms with E-state index >= 15 is 0 Å². The maximum Gasteiger partial charge on any atom is 0.0241 e. The highest BCUT2D eigenvalue weighted by Gasteiger charge is 2.17. The minimum atomic E-state index is 0.745. The molecule has 0 saturated heterocycles. The van der Waals surface area contributed by atoms with Crippen LogP contribution in [0.4, 0.5) is 0 Å². The summed E-state index contributed by atoms with van der Waals surface area (Å²) in [5, 5.41) is 0. The molecular weight excluding hydrogens is 228 g/mol. The van der Waals surface area contributed by atoms with Crippen molar-refractivity contribution in [1.29, 1.82) is 0 Å². The van der Waals surface area contributed by atoms with Crippen LogP contribution >= 0.6 is 15.9 Å². The van der Waals surface area contributed by atoms with E-state index in [1.807, 2.05) is 0 Å². The van der Waals surface area contributed by atoms with Crippen LogP contribution in [0.1, 0.15) is 11.1 Å². The Labute approximate surface area is 86.9 Å². The molecule has 2 rings (SSSR count). The molecule has 0 saturated carbocycles. The lowest BCUT2D eigenvalue weighted by atomic mass is 10.1. The Bertz CT molecular complexity index is 312. The van der Waals surface area contributed by atoms with Crippen LogP contribution in [0.3, 0.4) is 0 Å². The highest BCUT2D eigenvalue weighted by Crippen LogP contribution is 2.25. The van der Waals surface area contributed by atoms with Crippen LogP contribution in [0.2, 0.25) is 0 Å². The number of benzene rings is 1. The van der Waals surface area contributed by atoms with Crippen LogP contribution in [-0.4, -0.2) is 18.0 Å². The lowest BCUT2D eigenvalue weighted by molar-refractivity contribution is 0.293. The summed E-state index contributed by atoms with van der Waals surface area (Å²) < 4.78 is 1.17. The third kappa shape index (κ3) is 1.93. The molecule has 0 amide bonds. The summed E-state index contributed by atoms with van der Waals surface area (Å²) in [5.41, 5.74) is 8.40. The van der Waals surface area contributed by atoms with Crippen molar-refractivity contribution in [3.05, 3.63) is 33.8 Å². The Morgan fingerprint density at radius 3 is 2.85 bits per heavy atom. The maximum absolute atomic E-state index is 5.52. The van der Waals surface area contributed by atoms with E-state index in [2.05, 4.69) is 39.0 Å². The topological polar surface area (TPSA) is 29.3 Å². The monoisotopic (exact) mass is 240 g/mol. The van der Waals surface area contributed by atoms with Gasteiger partial charge in [-0.2, -0.15) is 0 Å². The molecular formula is C10H13BrN2. The minimum absolute atomic E-state index is 0.745. The van der Waals surface area contributed by atoms with Crippen molar-refractivity contribution in [2.45, 2.75) is 13.1 Å². The molecule has 1 aliphatic heterocycles. The highest BCUT2D eigenvalue weighted by molar-refractivity contribution is 9.10. The smallest absolute Gasteiger partial charge is 0.0241 e. The van der Waals surface area contributed by atoms with Gasteiger partial charge in [-0.15, -0.1) is 0 Å². The molecule has 0 unspecified atom stereocenters. The SMILES string of the molecule is NCCN1Cc2ccc(Br)cc2C1. The van der Waals surface area contributed by atoms with Crippen LogP contribution in [-0.2, 0) is 13.1 Å². The van der Waals surface area contributed by atoms with Crippen LogP contribution in [0.25, 0.3) is 0 Å². The van der Waals surface area contributed by atoms with E-state index in [1.54, 1.807) is 0 Å². The summed E-state index contributed by atoms with van der Waals surface area (Å²) in [6.45, 7) is 3.84. The fourth-order valence-electron chi connectivity index (χ4n) is 1.77. The molecule has 1 aromatic carbocycles. The fraction of sp³-hybridized carbons (Fsp3) is 0.400. The highest BCUT2D eigenvalue weighted by atomic mass is 79.9. The average molecular weight is 241 g/mol. The van der Waals surface area contributed by atoms with Gasteiger partial charge >= 0.3 is 0 Å². The Morgan fingerprint density at radius 1 is 1.31 bits per heavy atom. The molecule has 0 radical (unpaired) electrons. The van der Waals surface area contributed by atoms with Crippen LogP contribution < -0.4 is 5.73 Å². The van der Waals surface area contributed by atoms with Crippen LogP contribution in [0.5, 0.6) is 0 Å². The lowest BCUT2D eigenvalue weighted by Crippen LogP contribution is -2.23. The summed E-state index contributed by atoms with van der Waals surface area (Å²) in [4.78, 5) is 2.37. The van der Waals surface area contributed by atoms with Gasteiger partial charge in [-0.05, 0) is 23.3 Å². The molecule has 70 valence electrons. The van der Waals surface area contributed by atoms with Gasteiger partial charge in [0.05, 0.1) is 0 Å². The van der Waals surface area contributed by atoms with Crippen molar-refractivity contribution in [3.63, 3.8) is 0 Å². The predicted molar refractivity (Wildman–Crippen MR) is 57.3 cm³/mol. The summed E-state index contributed by atoms with van der Waals surface area (Å²) in [5.74, 6) is 0. The number of halogens is 1. The van der Waals surface area contributed by atoms with Gasteiger partial charge in [0, 0.05) is 30.7 Å². The first kappa shape index (κ1) is 9.19. The predicted octanol–water partition coefficient (Wildman–Crippen LogP) is 1.72. The van der Waals surface area contributed by atoms with Crippen LogP contribution in [0, 0.1) is 0 Å². The first-order chi connectivity index (χ1) is 6.29. The van der Waals surface area contributed by atoms with E-state index in [1.165, 1.54) is 15.6 Å². The second-order valence-electron chi connectivity index (χ2n) is 3.41. The van der Waals surface area contributed by atoms with Gasteiger partial charge in [0.1, 0.15) is 0 Å². The van der Waals surface area contributed by atoms with Gasteiger partial charge in [-0.3, -0.25) is 4.90 Å². The van der Waals surface area contributed by atoms with E-state index in [-0.39, 0.29) is 0 Å². The molecule has 0 aliphatic carbocycles. The molecule has 2 N–H and O–H groups in total. The third-order valence-electron chi connectivity index (χ3n) is 2.40. The first-order valence-corrected chi connectivity index (χ1v) is 5.28. The van der Waals surface area contributed by atoms with Gasteiger partial charge in [-0.25, -0.2) is 0 Å². The Balaban J connectivity index is 2.16. The van der Waals surface area contributed by atoms with E-state index in [9.17, 15) is 0 Å². The van der Waals surface area contributed by atoms with Crippen LogP contribution in [0.15, 0.2) is 22.7 Å². The summed E-state index contributed by atoms with van der Waals surface area (Å²) >= 11 is 3.48. The van der Waals surface area contributed by atoms with Crippen molar-refractivity contribution >= 4 is 15.9 Å². The zero-order valence-corrected chi connectivity index (χ0v) is 9.05. The van der Waals surface area contributed by atoms with Crippen molar-refractivity contribution in [2.24, 2.45) is 5.73 Å². The number of hydrogen-bond acceptors (Lipinski definition) is 2. The molecule has 1 heterocycles. The zero-order valence-electron chi connectivity index (χ0n) is 7.46. The lowest BCUT2D eigenvalue weighted by Gasteiger charge is -2.11. The number of fused-ring (bicyclic) bond motifs is 1. The summed E-state index contributed by atoms with van der Waals surface area (Å²) in [6, 6.07) is 6.49. The molecule has 1 aromatic rings. The molecule has 1 aliphatic rings. The Hall–Kier alpha value is -0.380. The number of nitrogens with two attached hydrogens (primary N) is 1. The number of rotatable bonds is 2. The fourth-order valence-corrected chi connectivity index (χ4v) is 2.18. The van der Waals surface area contributed by atoms with Gasteiger partial charge in [0.25, 0.3) is 0 Å². The van der Waals surface area contributed by atoms with Gasteiger partial charge in [0.2, 0.25) is 0 Å². The largest absolute Gasteiger partial charge is 0.329 e. The minimum Gasteiger partial charge on any atom is -0.329 e. The molecule has 2 nitrogen and oxygen atoms in total. The molecule has 0 bridgehead atoms. The third-order valence-corrected chi connectivity index (χ3v) is 2.89. The second kappa shape index (κ2) is 3.78. The van der Waals surface area contributed by atoms with E-state index in [0.717, 1.165) is 26.2 Å². The Kier molecular flexibility index (Phi) is 2.67. The van der Waals surface area contributed by atoms with Crippen molar-refractivity contribution in [1.82, 2.24) is 4.90 Å². The standard InChI is InChI=1S/C10H13BrN2/c11-10-2-1-8-6-13(4-3-12)7-9(8)5-10/h1-2,5H,3-4,6-7,12H2. The van der Waals surface area contributed by atoms with Crippen molar-refractivity contribution in [3.8, 4) is 0 Å². The number of nitrogens with zero attached hydrogens (tertiary/aromatic N) is 1. The van der Waals surface area contributed by atoms with Gasteiger partial charge < -0.3 is 5.73 Å². The van der Waals surface area contributed by atoms with E-state index in [0.29, 0.717) is 0 Å². The molecule has 3 heteroatoms. The van der Waals surface area contributed by atoms with Gasteiger partial charge in [-0.1, -0.05) is 22.0 Å². The second-order valence-corrected chi connectivity index (χ2v) is 4.33. The maximum atomic E-state index is 5.52. The Morgan fingerprint density at radius 2 is 2.08 bits per heavy atom. The molecule has 0 aromatic heterocycles. The molecule has 0 spiro atoms. The zero-order chi connectivity index (χ0) is 9.26. The van der Waals surface area contributed by atoms with Crippen molar-refractivity contribution < 1.29 is 0 Å². The quantitative estimate of drug-likeness (QED) is 0.854. The first-order valence-electron chi connectivity index (χ1n) is 4.49. The molecule has 13 heavy (non-hydrogen) atoms. The van der Waals surface area contributed by atoms with Crippen molar-refractivity contribution in [2.75, 3.05) is 13.1 Å². The normalized spacial score (nSPS) is 16.2. The van der Waals surface area contributed by atoms with Gasteiger partial charge in [0.15, 0.2) is 0 Å². The molecule has 0 fully saturated rings. The average Bonchev–Trinajstić information content (AvgIpc) is 2.46. The molecule has 0 atom stereocenters. The van der Waals surface area contributed by atoms with E-state index in [4.69, 9.17) is 5.73 Å². The summed E-state index contributed by atoms with van der Waals surface area (Å²) in [7, 11) is 0. The summed E-state index contributed by atoms with van der Waals surface area (Å²) in [6.07, 6.45) is 0. The number of hydrogen-bond donors (Lipinski definition) is 1. The van der Waals surface area contributed by atoms with E-state index < -0.39 is 0 Å².